The molecule has 5 nitrogen and oxygen atoms in total. The molecule has 0 spiro atoms. The Morgan fingerprint density at radius 1 is 1.00 bits per heavy atom. The normalized spacial score (nSPS) is 12.6. The van der Waals surface area contributed by atoms with Crippen molar-refractivity contribution in [2.24, 2.45) is 0 Å². The van der Waals surface area contributed by atoms with Gasteiger partial charge in [-0.25, -0.2) is 0 Å². The molecule has 1 atom stereocenters. The summed E-state index contributed by atoms with van der Waals surface area (Å²) in [5.41, 5.74) is 3.44. The lowest BCUT2D eigenvalue weighted by Gasteiger charge is -2.09. The zero-order chi connectivity index (χ0) is 15.6. The Kier molecular flexibility index (Phi) is 3.59. The third kappa shape index (κ3) is 2.61. The first-order valence-electron chi connectivity index (χ1n) is 7.39. The van der Waals surface area contributed by atoms with Crippen molar-refractivity contribution in [2.45, 2.75) is 17.1 Å². The van der Waals surface area contributed by atoms with E-state index in [0.717, 1.165) is 11.2 Å². The van der Waals surface area contributed by atoms with Gasteiger partial charge in [-0.15, -0.1) is 22.0 Å². The Hall–Kier alpha value is -2.60. The number of benzene rings is 2. The van der Waals surface area contributed by atoms with Crippen molar-refractivity contribution < 1.29 is 0 Å². The molecule has 2 heterocycles. The summed E-state index contributed by atoms with van der Waals surface area (Å²) in [6.07, 6.45) is 0. The van der Waals surface area contributed by atoms with Crippen LogP contribution in [-0.2, 0) is 0 Å². The largest absolute Gasteiger partial charge is 0.354 e. The van der Waals surface area contributed by atoms with Crippen LogP contribution in [0.15, 0.2) is 59.5 Å². The minimum atomic E-state index is 0.107. The summed E-state index contributed by atoms with van der Waals surface area (Å²) in [6.45, 7) is 2.09. The highest BCUT2D eigenvalue weighted by molar-refractivity contribution is 7.99. The summed E-state index contributed by atoms with van der Waals surface area (Å²) in [6, 6.07) is 18.7. The lowest BCUT2D eigenvalue weighted by Crippen LogP contribution is -1.92. The van der Waals surface area contributed by atoms with Crippen molar-refractivity contribution in [1.29, 1.82) is 0 Å². The minimum absolute atomic E-state index is 0.107. The topological polar surface area (TPSA) is 70.2 Å². The number of H-pyrrole nitrogens is 2. The van der Waals surface area contributed by atoms with Crippen LogP contribution < -0.4 is 0 Å². The third-order valence-corrected chi connectivity index (χ3v) is 4.96. The Balaban J connectivity index is 1.83. The number of aromatic amines is 2. The van der Waals surface area contributed by atoms with Crippen LogP contribution in [0.3, 0.4) is 0 Å². The Morgan fingerprint density at radius 2 is 1.78 bits per heavy atom. The minimum Gasteiger partial charge on any atom is -0.354 e. The molecular formula is C17H15N5S. The maximum atomic E-state index is 4.10. The molecule has 6 heteroatoms. The van der Waals surface area contributed by atoms with Gasteiger partial charge in [-0.05, 0) is 18.6 Å². The van der Waals surface area contributed by atoms with Crippen molar-refractivity contribution in [3.05, 3.63) is 60.4 Å². The molecule has 4 aromatic rings. The molecule has 0 bridgehead atoms. The van der Waals surface area contributed by atoms with Gasteiger partial charge in [0.2, 0.25) is 0 Å². The van der Waals surface area contributed by atoms with Gasteiger partial charge in [0.1, 0.15) is 0 Å². The van der Waals surface area contributed by atoms with Gasteiger partial charge in [-0.1, -0.05) is 53.7 Å². The molecule has 2 aromatic heterocycles. The molecule has 2 aromatic carbocycles. The third-order valence-electron chi connectivity index (χ3n) is 3.74. The SMILES string of the molecule is CC(Sc1c(-c2ccccc2)[nH]c2ccccc12)c1nn[nH]n1. The molecule has 23 heavy (non-hydrogen) atoms. The molecule has 114 valence electrons. The number of rotatable bonds is 4. The van der Waals surface area contributed by atoms with Crippen LogP contribution in [0.2, 0.25) is 0 Å². The molecule has 4 rings (SSSR count). The smallest absolute Gasteiger partial charge is 0.187 e. The number of nitrogens with one attached hydrogen (secondary N) is 2. The van der Waals surface area contributed by atoms with Crippen LogP contribution >= 0.6 is 11.8 Å². The average molecular weight is 321 g/mol. The van der Waals surface area contributed by atoms with Crippen molar-refractivity contribution >= 4 is 22.7 Å². The monoisotopic (exact) mass is 321 g/mol. The summed E-state index contributed by atoms with van der Waals surface area (Å²) in [5.74, 6) is 0.708. The van der Waals surface area contributed by atoms with Crippen molar-refractivity contribution in [2.75, 3.05) is 0 Å². The van der Waals surface area contributed by atoms with Gasteiger partial charge < -0.3 is 4.98 Å². The molecule has 1 unspecified atom stereocenters. The number of hydrogen-bond donors (Lipinski definition) is 2. The molecule has 0 aliphatic heterocycles. The number of nitrogens with zero attached hydrogens (tertiary/aromatic N) is 3. The van der Waals surface area contributed by atoms with Gasteiger partial charge in [-0.2, -0.15) is 5.21 Å². The van der Waals surface area contributed by atoms with Crippen molar-refractivity contribution in [3.63, 3.8) is 0 Å². The maximum Gasteiger partial charge on any atom is 0.187 e. The van der Waals surface area contributed by atoms with E-state index in [1.54, 1.807) is 11.8 Å². The predicted octanol–water partition coefficient (Wildman–Crippen LogP) is 4.20. The number of aromatic nitrogens is 5. The number of thioether (sulfide) groups is 1. The lowest BCUT2D eigenvalue weighted by molar-refractivity contribution is 0.881. The average Bonchev–Trinajstić information content (AvgIpc) is 3.24. The fourth-order valence-corrected chi connectivity index (χ4v) is 3.77. The van der Waals surface area contributed by atoms with E-state index in [4.69, 9.17) is 0 Å². The zero-order valence-electron chi connectivity index (χ0n) is 12.5. The highest BCUT2D eigenvalue weighted by Gasteiger charge is 2.19. The maximum absolute atomic E-state index is 4.10. The Bertz CT molecular complexity index is 915. The predicted molar refractivity (Wildman–Crippen MR) is 92.2 cm³/mol. The second-order valence-electron chi connectivity index (χ2n) is 5.27. The zero-order valence-corrected chi connectivity index (χ0v) is 13.3. The Morgan fingerprint density at radius 3 is 2.57 bits per heavy atom. The number of tetrazole rings is 1. The molecule has 0 amide bonds. The standard InChI is InChI=1S/C17H15N5S/c1-11(17-19-21-22-20-17)23-16-13-9-5-6-10-14(13)18-15(16)12-7-3-2-4-8-12/h2-11,18H,1H3,(H,19,20,21,22). The van der Waals surface area contributed by atoms with Crippen LogP contribution in [0, 0.1) is 0 Å². The quantitative estimate of drug-likeness (QED) is 0.553. The van der Waals surface area contributed by atoms with E-state index in [2.05, 4.69) is 75.0 Å². The Labute approximate surface area is 137 Å². The van der Waals surface area contributed by atoms with E-state index in [-0.39, 0.29) is 5.25 Å². The van der Waals surface area contributed by atoms with E-state index in [1.165, 1.54) is 15.8 Å². The van der Waals surface area contributed by atoms with Gasteiger partial charge in [0, 0.05) is 15.8 Å². The van der Waals surface area contributed by atoms with Gasteiger partial charge in [0.05, 0.1) is 10.9 Å². The highest BCUT2D eigenvalue weighted by atomic mass is 32.2. The van der Waals surface area contributed by atoms with Crippen LogP contribution in [0.4, 0.5) is 0 Å². The summed E-state index contributed by atoms with van der Waals surface area (Å²) in [7, 11) is 0. The van der Waals surface area contributed by atoms with E-state index in [9.17, 15) is 0 Å². The first-order valence-corrected chi connectivity index (χ1v) is 8.27. The van der Waals surface area contributed by atoms with Gasteiger partial charge >= 0.3 is 0 Å². The van der Waals surface area contributed by atoms with E-state index in [0.29, 0.717) is 5.82 Å². The summed E-state index contributed by atoms with van der Waals surface area (Å²) in [4.78, 5) is 4.76. The molecule has 0 saturated carbocycles. The molecule has 2 N–H and O–H groups in total. The van der Waals surface area contributed by atoms with E-state index < -0.39 is 0 Å². The van der Waals surface area contributed by atoms with Crippen LogP contribution in [0.1, 0.15) is 18.0 Å². The van der Waals surface area contributed by atoms with Gasteiger partial charge in [0.25, 0.3) is 0 Å². The lowest BCUT2D eigenvalue weighted by atomic mass is 10.1. The molecule has 0 aliphatic carbocycles. The fraction of sp³-hybridized carbons (Fsp3) is 0.118. The first kappa shape index (κ1) is 14.0. The number of fused-ring (bicyclic) bond motifs is 1. The van der Waals surface area contributed by atoms with Crippen molar-refractivity contribution in [3.8, 4) is 11.3 Å². The number of para-hydroxylation sites is 1. The van der Waals surface area contributed by atoms with Crippen LogP contribution in [0.5, 0.6) is 0 Å². The summed E-state index contributed by atoms with van der Waals surface area (Å²) >= 11 is 1.74. The summed E-state index contributed by atoms with van der Waals surface area (Å²) in [5, 5.41) is 15.7. The van der Waals surface area contributed by atoms with Crippen LogP contribution in [-0.4, -0.2) is 25.6 Å². The van der Waals surface area contributed by atoms with Gasteiger partial charge in [-0.3, -0.25) is 0 Å². The van der Waals surface area contributed by atoms with Gasteiger partial charge in [0.15, 0.2) is 5.82 Å². The van der Waals surface area contributed by atoms with Crippen molar-refractivity contribution in [1.82, 2.24) is 25.6 Å². The highest BCUT2D eigenvalue weighted by Crippen LogP contribution is 2.43. The fourth-order valence-electron chi connectivity index (χ4n) is 2.62. The second kappa shape index (κ2) is 5.89. The molecule has 0 radical (unpaired) electrons. The van der Waals surface area contributed by atoms with E-state index >= 15 is 0 Å². The molecule has 0 saturated heterocycles. The molecule has 0 aliphatic rings. The van der Waals surface area contributed by atoms with Crippen LogP contribution in [0.25, 0.3) is 22.2 Å². The molecular weight excluding hydrogens is 306 g/mol. The summed E-state index contributed by atoms with van der Waals surface area (Å²) < 4.78 is 0. The second-order valence-corrected chi connectivity index (χ2v) is 6.62. The molecule has 0 fully saturated rings. The first-order chi connectivity index (χ1) is 11.3. The number of hydrogen-bond acceptors (Lipinski definition) is 4. The van der Waals surface area contributed by atoms with E-state index in [1.807, 2.05) is 12.1 Å².